The summed E-state index contributed by atoms with van der Waals surface area (Å²) in [4.78, 5) is 41.6. The molecule has 2 aliphatic heterocycles. The van der Waals surface area contributed by atoms with E-state index in [2.05, 4.69) is 142 Å². The topological polar surface area (TPSA) is 164 Å². The number of aryl methyl sites for hydroxylation is 2. The number of nitrogens with zero attached hydrogens (tertiary/aromatic N) is 6. The van der Waals surface area contributed by atoms with Gasteiger partial charge in [-0.2, -0.15) is 0 Å². The highest BCUT2D eigenvalue weighted by Crippen LogP contribution is 2.55. The molecule has 0 spiro atoms. The zero-order valence-corrected chi connectivity index (χ0v) is 50.0. The molecular weight excluding hydrogens is 1080 g/mol. The fraction of sp³-hybridized carbons (Fsp3) is 0.233. The molecule has 14 nitrogen and oxygen atoms in total. The molecule has 0 saturated carbocycles. The normalized spacial score (nSPS) is 12.1. The first-order valence-electron chi connectivity index (χ1n) is 30.2. The molecule has 13 aromatic rings. The van der Waals surface area contributed by atoms with Crippen molar-refractivity contribution >= 4 is 109 Å². The summed E-state index contributed by atoms with van der Waals surface area (Å²) in [5.74, 6) is 5.18. The molecule has 8 bridgehead atoms. The van der Waals surface area contributed by atoms with E-state index < -0.39 is 0 Å². The van der Waals surface area contributed by atoms with Crippen LogP contribution in [0.1, 0.15) is 70.4 Å². The Labute approximate surface area is 501 Å². The lowest BCUT2D eigenvalue weighted by molar-refractivity contribution is 0.308. The van der Waals surface area contributed by atoms with Gasteiger partial charge in [0.15, 0.2) is 23.3 Å². The quantitative estimate of drug-likeness (QED) is 0.0738. The molecule has 0 atom stereocenters. The molecule has 2 N–H and O–H groups in total. The largest absolute Gasteiger partial charge is 0.495 e. The second kappa shape index (κ2) is 21.5. The highest BCUT2D eigenvalue weighted by Gasteiger charge is 2.35. The monoisotopic (exact) mass is 1150 g/mol. The summed E-state index contributed by atoms with van der Waals surface area (Å²) in [5.41, 5.74) is 6.45. The Balaban J connectivity index is 1.20. The number of hydrogen-bond acceptors (Lipinski definition) is 12. The second-order valence-electron chi connectivity index (χ2n) is 22.6. The van der Waals surface area contributed by atoms with E-state index in [-0.39, 0.29) is 0 Å². The number of hydrogen-bond donors (Lipinski definition) is 2. The molecule has 10 aromatic carbocycles. The molecule has 0 aliphatic carbocycles. The minimum absolute atomic E-state index is 0.335. The lowest BCUT2D eigenvalue weighted by atomic mass is 9.95. The van der Waals surface area contributed by atoms with Gasteiger partial charge in [0.2, 0.25) is 0 Å². The van der Waals surface area contributed by atoms with Gasteiger partial charge in [0.1, 0.15) is 57.1 Å². The zero-order chi connectivity index (χ0) is 59.2. The van der Waals surface area contributed by atoms with Crippen molar-refractivity contribution in [3.05, 3.63) is 132 Å². The number of aromatic amines is 2. The number of nitrogens with one attached hydrogen (secondary N) is 2. The van der Waals surface area contributed by atoms with Gasteiger partial charge >= 0.3 is 0 Å². The molecule has 0 amide bonds. The van der Waals surface area contributed by atoms with Gasteiger partial charge in [-0.05, 0) is 101 Å². The van der Waals surface area contributed by atoms with Gasteiger partial charge in [-0.1, -0.05) is 137 Å². The maximum absolute atomic E-state index is 7.05. The number of unbranched alkanes of at least 4 members (excludes halogenated alkanes) is 3. The van der Waals surface area contributed by atoms with Crippen LogP contribution < -0.4 is 28.4 Å². The van der Waals surface area contributed by atoms with Gasteiger partial charge in [-0.3, -0.25) is 0 Å². The van der Waals surface area contributed by atoms with E-state index in [0.717, 1.165) is 130 Å². The fourth-order valence-electron chi connectivity index (χ4n) is 13.3. The Morgan fingerprint density at radius 2 is 0.632 bits per heavy atom. The van der Waals surface area contributed by atoms with Crippen LogP contribution in [0.3, 0.4) is 0 Å². The van der Waals surface area contributed by atoms with Crippen LogP contribution in [-0.2, 0) is 0 Å². The van der Waals surface area contributed by atoms with Crippen LogP contribution in [0.5, 0.6) is 34.5 Å². The maximum atomic E-state index is 7.05. The SMILES string of the molecule is CCCCOc1c2c(c(OCCCC)c3ccccc13)-c1nc-2nc2[nH]c(nc3nc(nc4[nH]c(n1)c1c(C)c5ccccc5c(OCCCC)c41)-c1c-3c(OC)c3cc4ccccc4cc3c1OC)c1c(OC)c3cc4ccccc4cc3c(C)c21. The van der Waals surface area contributed by atoms with Crippen LogP contribution in [0.2, 0.25) is 0 Å². The highest BCUT2D eigenvalue weighted by atomic mass is 16.5. The number of fused-ring (bicyclic) bond motifs is 26. The third-order valence-corrected chi connectivity index (χ3v) is 17.5. The molecule has 15 rings (SSSR count). The molecule has 0 saturated heterocycles. The van der Waals surface area contributed by atoms with Crippen LogP contribution in [-0.4, -0.2) is 81.0 Å². The second-order valence-corrected chi connectivity index (χ2v) is 22.6. The van der Waals surface area contributed by atoms with Crippen LogP contribution in [0.4, 0.5) is 0 Å². The number of ether oxygens (including phenoxy) is 6. The van der Waals surface area contributed by atoms with E-state index in [4.69, 9.17) is 58.3 Å². The van der Waals surface area contributed by atoms with E-state index in [9.17, 15) is 0 Å². The van der Waals surface area contributed by atoms with Gasteiger partial charge in [-0.15, -0.1) is 0 Å². The maximum Gasteiger partial charge on any atom is 0.168 e. The van der Waals surface area contributed by atoms with Crippen molar-refractivity contribution in [2.24, 2.45) is 0 Å². The van der Waals surface area contributed by atoms with Crippen LogP contribution in [0.15, 0.2) is 121 Å². The van der Waals surface area contributed by atoms with E-state index in [1.165, 1.54) is 0 Å². The van der Waals surface area contributed by atoms with Crippen molar-refractivity contribution in [3.63, 3.8) is 0 Å². The predicted molar refractivity (Wildman–Crippen MR) is 351 cm³/mol. The van der Waals surface area contributed by atoms with Gasteiger partial charge in [-0.25, -0.2) is 29.9 Å². The first-order chi connectivity index (χ1) is 42.7. The first kappa shape index (κ1) is 53.6. The Hall–Kier alpha value is -10.1. The average molecular weight is 1150 g/mol. The standard InChI is InChI=1S/C73H64N8O6/c1-9-12-31-85-63-45-28-20-19-27-44(45)38(4)52-55(63)69-75-66(52)76-72-58-59(65(87-33-14-11-3)47-30-22-21-29-46(47)64(58)86-32-13-10-2)73(81-72)77-67-53-39(5)48-34-40-23-15-16-24-41(40)35-49(48)60(82-6)54(53)68(74-67)78-70-56-57(71(79-69)80-70)62(84-8)51-37-43-26-18-17-25-42(43)36-50(51)61(56)83-7/h15-30,34-37H,9-14,31-33H2,1-8H3,(H2,74,75,76,77,78,79,80,81). The van der Waals surface area contributed by atoms with Crippen molar-refractivity contribution in [1.82, 2.24) is 39.9 Å². The molecule has 0 fully saturated rings. The summed E-state index contributed by atoms with van der Waals surface area (Å²) in [6.45, 7) is 12.2. The molecule has 87 heavy (non-hydrogen) atoms. The minimum atomic E-state index is 0.335. The molecule has 0 radical (unpaired) electrons. The van der Waals surface area contributed by atoms with Gasteiger partial charge in [0.25, 0.3) is 0 Å². The molecule has 3 aromatic heterocycles. The summed E-state index contributed by atoms with van der Waals surface area (Å²) >= 11 is 0. The summed E-state index contributed by atoms with van der Waals surface area (Å²) < 4.78 is 41.0. The lowest BCUT2D eigenvalue weighted by Crippen LogP contribution is -2.04. The molecule has 2 aliphatic rings. The number of methoxy groups -OCH3 is 3. The molecule has 0 unspecified atom stereocenters. The first-order valence-corrected chi connectivity index (χ1v) is 30.2. The smallest absolute Gasteiger partial charge is 0.168 e. The van der Waals surface area contributed by atoms with Crippen LogP contribution in [0, 0.1) is 13.8 Å². The highest BCUT2D eigenvalue weighted by molar-refractivity contribution is 6.22. The third-order valence-electron chi connectivity index (χ3n) is 17.5. The number of H-pyrrole nitrogens is 2. The molecular formula is C73H64N8O6. The Kier molecular flexibility index (Phi) is 13.2. The van der Waals surface area contributed by atoms with Crippen molar-refractivity contribution in [2.75, 3.05) is 41.2 Å². The lowest BCUT2D eigenvalue weighted by Gasteiger charge is -2.18. The van der Waals surface area contributed by atoms with Crippen molar-refractivity contribution in [3.8, 4) is 80.0 Å². The number of aromatic nitrogens is 8. The minimum Gasteiger partial charge on any atom is -0.495 e. The van der Waals surface area contributed by atoms with Crippen molar-refractivity contribution < 1.29 is 28.4 Å². The van der Waals surface area contributed by atoms with E-state index in [1.807, 2.05) is 24.3 Å². The van der Waals surface area contributed by atoms with E-state index in [0.29, 0.717) is 128 Å². The Morgan fingerprint density at radius 3 is 1.03 bits per heavy atom. The van der Waals surface area contributed by atoms with E-state index in [1.54, 1.807) is 21.3 Å². The predicted octanol–water partition coefficient (Wildman–Crippen LogP) is 18.0. The van der Waals surface area contributed by atoms with Gasteiger partial charge < -0.3 is 38.4 Å². The zero-order valence-electron chi connectivity index (χ0n) is 50.0. The van der Waals surface area contributed by atoms with Gasteiger partial charge in [0, 0.05) is 43.1 Å². The Bertz CT molecular complexity index is 5230. The molecule has 5 heterocycles. The number of benzene rings is 10. The number of rotatable bonds is 15. The average Bonchev–Trinajstić information content (AvgIpc) is 1.85. The third kappa shape index (κ3) is 8.35. The van der Waals surface area contributed by atoms with Crippen molar-refractivity contribution in [1.29, 1.82) is 0 Å². The summed E-state index contributed by atoms with van der Waals surface area (Å²) in [7, 11) is 5.10. The summed E-state index contributed by atoms with van der Waals surface area (Å²) in [6, 6.07) is 42.0. The summed E-state index contributed by atoms with van der Waals surface area (Å²) in [6.07, 6.45) is 5.33. The molecule has 14 heteroatoms. The van der Waals surface area contributed by atoms with Crippen LogP contribution in [0.25, 0.3) is 154 Å². The van der Waals surface area contributed by atoms with E-state index >= 15 is 0 Å². The summed E-state index contributed by atoms with van der Waals surface area (Å²) in [5, 5.41) is 14.6. The Morgan fingerprint density at radius 1 is 0.322 bits per heavy atom. The van der Waals surface area contributed by atoms with Gasteiger partial charge in [0.05, 0.1) is 74.2 Å². The van der Waals surface area contributed by atoms with Crippen LogP contribution >= 0.6 is 0 Å². The van der Waals surface area contributed by atoms with Crippen molar-refractivity contribution in [2.45, 2.75) is 73.1 Å². The fourth-order valence-corrected chi connectivity index (χ4v) is 13.3. The molecule has 432 valence electrons.